The zero-order chi connectivity index (χ0) is 17.9. The topological polar surface area (TPSA) is 26.2 Å². The summed E-state index contributed by atoms with van der Waals surface area (Å²) >= 11 is 0. The highest BCUT2D eigenvalue weighted by Crippen LogP contribution is 2.32. The van der Waals surface area contributed by atoms with E-state index in [1.165, 1.54) is 32.9 Å². The van der Waals surface area contributed by atoms with Crippen LogP contribution in [0.1, 0.15) is 18.1 Å². The van der Waals surface area contributed by atoms with Crippen molar-refractivity contribution in [1.29, 1.82) is 0 Å². The molecule has 132 valence electrons. The van der Waals surface area contributed by atoms with Crippen molar-refractivity contribution in [3.63, 3.8) is 0 Å². The van der Waals surface area contributed by atoms with Crippen molar-refractivity contribution in [1.82, 2.24) is 9.88 Å². The van der Waals surface area contributed by atoms with Crippen LogP contribution in [0.4, 0.5) is 0 Å². The average molecular weight is 344 g/mol. The van der Waals surface area contributed by atoms with Crippen molar-refractivity contribution in [3.05, 3.63) is 77.9 Å². The van der Waals surface area contributed by atoms with Crippen molar-refractivity contribution >= 4 is 21.8 Å². The van der Waals surface area contributed by atoms with Crippen LogP contribution < -0.4 is 10.1 Å². The van der Waals surface area contributed by atoms with E-state index in [1.807, 2.05) is 25.2 Å². The Kier molecular flexibility index (Phi) is 4.63. The summed E-state index contributed by atoms with van der Waals surface area (Å²) in [6.07, 6.45) is 0. The zero-order valence-electron chi connectivity index (χ0n) is 15.3. The molecule has 0 aliphatic rings. The van der Waals surface area contributed by atoms with Gasteiger partial charge in [-0.15, -0.1) is 0 Å². The summed E-state index contributed by atoms with van der Waals surface area (Å²) in [5.41, 5.74) is 5.00. The van der Waals surface area contributed by atoms with Gasteiger partial charge in [0.05, 0.1) is 5.52 Å². The van der Waals surface area contributed by atoms with Gasteiger partial charge in [-0.25, -0.2) is 0 Å². The Morgan fingerprint density at radius 1 is 0.846 bits per heavy atom. The van der Waals surface area contributed by atoms with Gasteiger partial charge in [0.1, 0.15) is 12.4 Å². The molecule has 0 aliphatic heterocycles. The van der Waals surface area contributed by atoms with Gasteiger partial charge < -0.3 is 14.6 Å². The fourth-order valence-corrected chi connectivity index (χ4v) is 3.61. The smallest absolute Gasteiger partial charge is 0.121 e. The van der Waals surface area contributed by atoms with Gasteiger partial charge in [0.2, 0.25) is 0 Å². The van der Waals surface area contributed by atoms with Crippen LogP contribution in [-0.4, -0.2) is 11.6 Å². The third-order valence-corrected chi connectivity index (χ3v) is 4.85. The summed E-state index contributed by atoms with van der Waals surface area (Å²) in [4.78, 5) is 0. The normalized spacial score (nSPS) is 11.3. The molecule has 0 atom stereocenters. The first-order chi connectivity index (χ1) is 12.8. The summed E-state index contributed by atoms with van der Waals surface area (Å²) in [7, 11) is 1.98. The van der Waals surface area contributed by atoms with Crippen molar-refractivity contribution in [2.45, 2.75) is 26.6 Å². The number of ether oxygens (including phenoxy) is 1. The molecule has 0 fully saturated rings. The number of aryl methyl sites for hydroxylation is 1. The van der Waals surface area contributed by atoms with Gasteiger partial charge in [0.15, 0.2) is 0 Å². The Balaban J connectivity index is 1.73. The van der Waals surface area contributed by atoms with E-state index in [9.17, 15) is 0 Å². The number of aromatic nitrogens is 1. The second-order valence-corrected chi connectivity index (χ2v) is 6.58. The van der Waals surface area contributed by atoms with Gasteiger partial charge >= 0.3 is 0 Å². The minimum atomic E-state index is 0.588. The van der Waals surface area contributed by atoms with Gasteiger partial charge in [-0.2, -0.15) is 0 Å². The zero-order valence-corrected chi connectivity index (χ0v) is 15.3. The summed E-state index contributed by atoms with van der Waals surface area (Å²) in [6.45, 7) is 4.60. The van der Waals surface area contributed by atoms with Crippen LogP contribution in [0.25, 0.3) is 21.8 Å². The minimum Gasteiger partial charge on any atom is -0.489 e. The number of nitrogens with one attached hydrogen (secondary N) is 1. The first-order valence-corrected chi connectivity index (χ1v) is 9.16. The molecule has 0 bridgehead atoms. The second kappa shape index (κ2) is 7.22. The number of benzene rings is 3. The molecule has 1 N–H and O–H groups in total. The highest BCUT2D eigenvalue weighted by molar-refractivity contribution is 6.08. The predicted octanol–water partition coefficient (Wildman–Crippen LogP) is 5.11. The summed E-state index contributed by atoms with van der Waals surface area (Å²) in [6, 6.07) is 23.5. The molecule has 4 aromatic rings. The van der Waals surface area contributed by atoms with E-state index >= 15 is 0 Å². The molecule has 0 unspecified atom stereocenters. The van der Waals surface area contributed by atoms with Crippen molar-refractivity contribution < 1.29 is 4.74 Å². The summed E-state index contributed by atoms with van der Waals surface area (Å²) in [5, 5.41) is 5.83. The van der Waals surface area contributed by atoms with Crippen LogP contribution in [0.2, 0.25) is 0 Å². The van der Waals surface area contributed by atoms with Gasteiger partial charge in [0, 0.05) is 35.4 Å². The Morgan fingerprint density at radius 3 is 2.46 bits per heavy atom. The maximum atomic E-state index is 6.03. The van der Waals surface area contributed by atoms with Crippen LogP contribution >= 0.6 is 0 Å². The van der Waals surface area contributed by atoms with Crippen LogP contribution in [0, 0.1) is 0 Å². The first-order valence-electron chi connectivity index (χ1n) is 9.16. The fraction of sp³-hybridized carbons (Fsp3) is 0.217. The molecular weight excluding hydrogens is 320 g/mol. The minimum absolute atomic E-state index is 0.588. The lowest BCUT2D eigenvalue weighted by Crippen LogP contribution is -2.04. The highest BCUT2D eigenvalue weighted by atomic mass is 16.5. The van der Waals surface area contributed by atoms with E-state index in [0.717, 1.165) is 18.8 Å². The van der Waals surface area contributed by atoms with E-state index in [0.29, 0.717) is 6.61 Å². The third-order valence-electron chi connectivity index (χ3n) is 4.85. The molecule has 4 rings (SSSR count). The lowest BCUT2D eigenvalue weighted by Gasteiger charge is -2.08. The fourth-order valence-electron chi connectivity index (χ4n) is 3.61. The lowest BCUT2D eigenvalue weighted by molar-refractivity contribution is 0.306. The molecule has 3 heteroatoms. The lowest BCUT2D eigenvalue weighted by atomic mass is 10.1. The van der Waals surface area contributed by atoms with Gasteiger partial charge in [-0.05, 0) is 49.4 Å². The van der Waals surface area contributed by atoms with Crippen LogP contribution in [0.15, 0.2) is 66.7 Å². The quantitative estimate of drug-likeness (QED) is 0.526. The number of fused-ring (bicyclic) bond motifs is 3. The molecule has 3 aromatic carbocycles. The SMILES string of the molecule is CCn1c2ccc(CNC)cc2c2ccc(OCc3ccccc3)cc21. The van der Waals surface area contributed by atoms with Gasteiger partial charge in [-0.1, -0.05) is 36.4 Å². The molecule has 0 saturated heterocycles. The van der Waals surface area contributed by atoms with Gasteiger partial charge in [-0.3, -0.25) is 0 Å². The molecule has 0 amide bonds. The molecule has 1 aromatic heterocycles. The Bertz CT molecular complexity index is 1030. The van der Waals surface area contributed by atoms with E-state index in [4.69, 9.17) is 4.74 Å². The Labute approximate surface area is 154 Å². The van der Waals surface area contributed by atoms with Crippen molar-refractivity contribution in [3.8, 4) is 5.75 Å². The molecule has 0 spiro atoms. The van der Waals surface area contributed by atoms with Crippen LogP contribution in [0.3, 0.4) is 0 Å². The van der Waals surface area contributed by atoms with Crippen molar-refractivity contribution in [2.24, 2.45) is 0 Å². The van der Waals surface area contributed by atoms with E-state index < -0.39 is 0 Å². The standard InChI is InChI=1S/C23H24N2O/c1-3-25-22-12-9-18(15-24-2)13-21(22)20-11-10-19(14-23(20)25)26-16-17-7-5-4-6-8-17/h4-14,24H,3,15-16H2,1-2H3. The van der Waals surface area contributed by atoms with E-state index in [-0.39, 0.29) is 0 Å². The largest absolute Gasteiger partial charge is 0.489 e. The second-order valence-electron chi connectivity index (χ2n) is 6.58. The molecule has 3 nitrogen and oxygen atoms in total. The average Bonchev–Trinajstić information content (AvgIpc) is 3.00. The molecule has 26 heavy (non-hydrogen) atoms. The highest BCUT2D eigenvalue weighted by Gasteiger charge is 2.11. The number of hydrogen-bond acceptors (Lipinski definition) is 2. The van der Waals surface area contributed by atoms with Crippen LogP contribution in [0.5, 0.6) is 5.75 Å². The maximum absolute atomic E-state index is 6.03. The molecular formula is C23H24N2O. The first kappa shape index (κ1) is 16.7. The van der Waals surface area contributed by atoms with Crippen molar-refractivity contribution in [2.75, 3.05) is 7.05 Å². The number of nitrogens with zero attached hydrogens (tertiary/aromatic N) is 1. The maximum Gasteiger partial charge on any atom is 0.121 e. The number of rotatable bonds is 6. The summed E-state index contributed by atoms with van der Waals surface area (Å²) < 4.78 is 8.40. The van der Waals surface area contributed by atoms with Gasteiger partial charge in [0.25, 0.3) is 0 Å². The monoisotopic (exact) mass is 344 g/mol. The van der Waals surface area contributed by atoms with E-state index in [2.05, 4.69) is 65.3 Å². The third kappa shape index (κ3) is 3.06. The Morgan fingerprint density at radius 2 is 1.69 bits per heavy atom. The molecule has 0 aliphatic carbocycles. The predicted molar refractivity (Wildman–Crippen MR) is 109 cm³/mol. The Hall–Kier alpha value is -2.78. The summed E-state index contributed by atoms with van der Waals surface area (Å²) in [5.74, 6) is 0.911. The molecule has 1 heterocycles. The molecule has 0 saturated carbocycles. The van der Waals surface area contributed by atoms with Crippen LogP contribution in [-0.2, 0) is 19.7 Å². The number of hydrogen-bond donors (Lipinski definition) is 1. The van der Waals surface area contributed by atoms with E-state index in [1.54, 1.807) is 0 Å². The molecule has 0 radical (unpaired) electrons.